The van der Waals surface area contributed by atoms with Crippen molar-refractivity contribution in [2.45, 2.75) is 33.6 Å². The summed E-state index contributed by atoms with van der Waals surface area (Å²) in [6, 6.07) is 0. The molecule has 5 nitrogen and oxygen atoms in total. The number of fused-ring (bicyclic) bond motifs is 1. The number of unbranched alkanes of at least 4 members (excludes halogenated alkanes) is 1. The van der Waals surface area contributed by atoms with Crippen molar-refractivity contribution in [2.75, 3.05) is 6.54 Å². The summed E-state index contributed by atoms with van der Waals surface area (Å²) in [6.45, 7) is 6.43. The molecule has 0 fully saturated rings. The molecular formula is C13H17N3O2S. The van der Waals surface area contributed by atoms with Crippen LogP contribution in [0.25, 0.3) is 4.96 Å². The van der Waals surface area contributed by atoms with Gasteiger partial charge in [0, 0.05) is 23.3 Å². The molecule has 6 heteroatoms. The molecule has 2 heterocycles. The largest absolute Gasteiger partial charge is 0.352 e. The Bertz CT molecular complexity index is 672. The first-order chi connectivity index (χ1) is 9.06. The van der Waals surface area contributed by atoms with Gasteiger partial charge in [-0.2, -0.15) is 0 Å². The second-order valence-corrected chi connectivity index (χ2v) is 5.63. The van der Waals surface area contributed by atoms with Gasteiger partial charge in [-0.05, 0) is 20.3 Å². The predicted molar refractivity (Wildman–Crippen MR) is 76.1 cm³/mol. The normalized spacial score (nSPS) is 10.9. The van der Waals surface area contributed by atoms with E-state index in [9.17, 15) is 9.59 Å². The van der Waals surface area contributed by atoms with Crippen molar-refractivity contribution >= 4 is 22.2 Å². The average Bonchev–Trinajstić information content (AvgIpc) is 2.66. The van der Waals surface area contributed by atoms with Crippen LogP contribution in [-0.4, -0.2) is 21.8 Å². The highest BCUT2D eigenvalue weighted by Gasteiger charge is 2.15. The lowest BCUT2D eigenvalue weighted by Crippen LogP contribution is -2.32. The maximum absolute atomic E-state index is 12.3. The molecule has 2 aromatic heterocycles. The van der Waals surface area contributed by atoms with Crippen molar-refractivity contribution in [3.63, 3.8) is 0 Å². The van der Waals surface area contributed by atoms with Gasteiger partial charge >= 0.3 is 0 Å². The van der Waals surface area contributed by atoms with E-state index in [1.54, 1.807) is 0 Å². The summed E-state index contributed by atoms with van der Waals surface area (Å²) in [5.41, 5.74) is 0.663. The van der Waals surface area contributed by atoms with E-state index in [0.717, 1.165) is 23.4 Å². The van der Waals surface area contributed by atoms with Crippen LogP contribution in [0.1, 0.15) is 40.7 Å². The Kier molecular flexibility index (Phi) is 3.99. The minimum atomic E-state index is -0.344. The molecule has 1 amide bonds. The lowest BCUT2D eigenvalue weighted by Gasteiger charge is -2.04. The van der Waals surface area contributed by atoms with E-state index in [-0.39, 0.29) is 17.0 Å². The lowest BCUT2D eigenvalue weighted by molar-refractivity contribution is 0.0951. The Morgan fingerprint density at radius 3 is 2.89 bits per heavy atom. The molecule has 0 aliphatic rings. The monoisotopic (exact) mass is 279 g/mol. The summed E-state index contributed by atoms with van der Waals surface area (Å²) < 4.78 is 1.51. The van der Waals surface area contributed by atoms with Crippen molar-refractivity contribution in [3.8, 4) is 0 Å². The number of hydrogen-bond acceptors (Lipinski definition) is 4. The first kappa shape index (κ1) is 13.7. The molecule has 0 radical (unpaired) electrons. The second-order valence-electron chi connectivity index (χ2n) is 4.45. The Hall–Kier alpha value is -1.69. The third kappa shape index (κ3) is 2.53. The van der Waals surface area contributed by atoms with Crippen LogP contribution >= 0.6 is 11.3 Å². The summed E-state index contributed by atoms with van der Waals surface area (Å²) in [5.74, 6) is -0.344. The predicted octanol–water partition coefficient (Wildman–Crippen LogP) is 1.90. The van der Waals surface area contributed by atoms with Crippen molar-refractivity contribution in [2.24, 2.45) is 0 Å². The number of nitrogens with one attached hydrogen (secondary N) is 1. The molecule has 102 valence electrons. The molecule has 0 saturated heterocycles. The molecule has 0 bridgehead atoms. The number of carbonyl (C=O) groups is 1. The molecular weight excluding hydrogens is 262 g/mol. The number of thiazole rings is 1. The number of aryl methyl sites for hydroxylation is 2. The van der Waals surface area contributed by atoms with Crippen molar-refractivity contribution in [1.82, 2.24) is 14.7 Å². The first-order valence-corrected chi connectivity index (χ1v) is 7.13. The topological polar surface area (TPSA) is 63.5 Å². The van der Waals surface area contributed by atoms with Gasteiger partial charge in [-0.1, -0.05) is 13.3 Å². The minimum Gasteiger partial charge on any atom is -0.352 e. The van der Waals surface area contributed by atoms with Crippen LogP contribution < -0.4 is 10.9 Å². The number of rotatable bonds is 4. The maximum atomic E-state index is 12.3. The van der Waals surface area contributed by atoms with Crippen LogP contribution in [0.5, 0.6) is 0 Å². The fraction of sp³-hybridized carbons (Fsp3) is 0.462. The molecule has 2 aromatic rings. The number of amides is 1. The zero-order chi connectivity index (χ0) is 14.0. The second kappa shape index (κ2) is 5.52. The number of aromatic nitrogens is 2. The van der Waals surface area contributed by atoms with Crippen molar-refractivity contribution < 1.29 is 4.79 Å². The maximum Gasteiger partial charge on any atom is 0.271 e. The van der Waals surface area contributed by atoms with Gasteiger partial charge in [0.25, 0.3) is 11.5 Å². The van der Waals surface area contributed by atoms with E-state index >= 15 is 0 Å². The van der Waals surface area contributed by atoms with E-state index in [0.29, 0.717) is 11.5 Å². The summed E-state index contributed by atoms with van der Waals surface area (Å²) in [5, 5.41) is 2.74. The molecule has 0 aromatic carbocycles. The Balaban J connectivity index is 2.40. The molecule has 0 unspecified atom stereocenters. The smallest absolute Gasteiger partial charge is 0.271 e. The van der Waals surface area contributed by atoms with Gasteiger partial charge in [0.05, 0.1) is 0 Å². The highest BCUT2D eigenvalue weighted by atomic mass is 32.1. The van der Waals surface area contributed by atoms with Gasteiger partial charge < -0.3 is 5.32 Å². The summed E-state index contributed by atoms with van der Waals surface area (Å²) in [6.07, 6.45) is 3.27. The molecule has 0 spiro atoms. The van der Waals surface area contributed by atoms with E-state index in [1.807, 2.05) is 20.8 Å². The molecule has 0 aliphatic carbocycles. The Morgan fingerprint density at radius 1 is 1.47 bits per heavy atom. The van der Waals surface area contributed by atoms with E-state index in [1.165, 1.54) is 21.9 Å². The minimum absolute atomic E-state index is 0.106. The fourth-order valence-corrected chi connectivity index (χ4v) is 2.74. The number of hydrogen-bond donors (Lipinski definition) is 1. The van der Waals surface area contributed by atoms with Crippen LogP contribution in [0.15, 0.2) is 11.0 Å². The third-order valence-electron chi connectivity index (χ3n) is 3.08. The fourth-order valence-electron chi connectivity index (χ4n) is 1.81. The summed E-state index contributed by atoms with van der Waals surface area (Å²) >= 11 is 1.45. The van der Waals surface area contributed by atoms with E-state index in [2.05, 4.69) is 10.3 Å². The molecule has 19 heavy (non-hydrogen) atoms. The summed E-state index contributed by atoms with van der Waals surface area (Å²) in [7, 11) is 0. The van der Waals surface area contributed by atoms with E-state index < -0.39 is 0 Å². The molecule has 0 atom stereocenters. The SMILES string of the molecule is CCCCNC(=O)c1cnc2sc(C)c(C)n2c1=O. The highest BCUT2D eigenvalue weighted by Crippen LogP contribution is 2.18. The zero-order valence-corrected chi connectivity index (χ0v) is 12.1. The van der Waals surface area contributed by atoms with E-state index in [4.69, 9.17) is 0 Å². The molecule has 0 saturated carbocycles. The molecule has 0 aliphatic heterocycles. The zero-order valence-electron chi connectivity index (χ0n) is 11.3. The van der Waals surface area contributed by atoms with Crippen LogP contribution in [0.4, 0.5) is 0 Å². The Morgan fingerprint density at radius 2 is 2.21 bits per heavy atom. The van der Waals surface area contributed by atoms with Gasteiger partial charge in [0.15, 0.2) is 4.96 Å². The first-order valence-electron chi connectivity index (χ1n) is 6.32. The highest BCUT2D eigenvalue weighted by molar-refractivity contribution is 7.17. The third-order valence-corrected chi connectivity index (χ3v) is 4.15. The number of nitrogens with zero attached hydrogens (tertiary/aromatic N) is 2. The summed E-state index contributed by atoms with van der Waals surface area (Å²) in [4.78, 5) is 30.1. The van der Waals surface area contributed by atoms with Crippen molar-refractivity contribution in [1.29, 1.82) is 0 Å². The van der Waals surface area contributed by atoms with Gasteiger partial charge in [-0.3, -0.25) is 14.0 Å². The Labute approximate surface area is 115 Å². The van der Waals surface area contributed by atoms with Crippen LogP contribution in [0.2, 0.25) is 0 Å². The molecule has 2 rings (SSSR count). The van der Waals surface area contributed by atoms with Crippen LogP contribution in [0.3, 0.4) is 0 Å². The van der Waals surface area contributed by atoms with Crippen molar-refractivity contribution in [3.05, 3.63) is 32.7 Å². The van der Waals surface area contributed by atoms with Crippen LogP contribution in [-0.2, 0) is 0 Å². The molecule has 1 N–H and O–H groups in total. The number of carbonyl (C=O) groups excluding carboxylic acids is 1. The van der Waals surface area contributed by atoms with Gasteiger partial charge in [-0.15, -0.1) is 11.3 Å². The van der Waals surface area contributed by atoms with Crippen LogP contribution in [0, 0.1) is 13.8 Å². The van der Waals surface area contributed by atoms with Gasteiger partial charge in [-0.25, -0.2) is 4.98 Å². The average molecular weight is 279 g/mol. The van der Waals surface area contributed by atoms with Gasteiger partial charge in [0.1, 0.15) is 5.56 Å². The standard InChI is InChI=1S/C13H17N3O2S/c1-4-5-6-14-11(17)10-7-15-13-16(12(10)18)8(2)9(3)19-13/h7H,4-6H2,1-3H3,(H,14,17). The lowest BCUT2D eigenvalue weighted by atomic mass is 10.3. The quantitative estimate of drug-likeness (QED) is 0.869. The van der Waals surface area contributed by atoms with Gasteiger partial charge in [0.2, 0.25) is 0 Å².